The minimum atomic E-state index is -0.995. The van der Waals surface area contributed by atoms with Gasteiger partial charge in [0.15, 0.2) is 23.8 Å². The highest BCUT2D eigenvalue weighted by atomic mass is 17.3. The van der Waals surface area contributed by atoms with Crippen molar-refractivity contribution in [1.82, 2.24) is 20.4 Å². The number of amides is 4. The molecule has 13 rings (SSSR count). The van der Waals surface area contributed by atoms with Crippen LogP contribution in [0.3, 0.4) is 0 Å². The number of benzene rings is 2. The van der Waals surface area contributed by atoms with Gasteiger partial charge < -0.3 is 48.9 Å². The van der Waals surface area contributed by atoms with Crippen LogP contribution in [0.1, 0.15) is 144 Å². The van der Waals surface area contributed by atoms with Crippen LogP contribution in [-0.2, 0) is 67.1 Å². The SMILES string of the molecule is C[C@H]1[C@@H](CC(=O)N(CCNC(=O)OCC2c3ccccc3-c3ccccc32)CC(=O)NCCN(CC(=O)OC(C)(C)C)C(=O)C[C@H]2O[C@@H]3O[C@@]4(C)CC[C@H]5[C@H](C)CC[C@@H]([C@H]2C)[C@@]35OO4)O[C@@H]2O[C@@]3(C)CC[C@H]4[C@H](C)CC[C@@H]1[C@@]24OO3. The fraction of sp³-hybridized carbons (Fsp3) is 0.721. The van der Waals surface area contributed by atoms with E-state index in [0.29, 0.717) is 24.7 Å². The van der Waals surface area contributed by atoms with Gasteiger partial charge in [-0.1, -0.05) is 76.2 Å². The first-order chi connectivity index (χ1) is 38.1. The zero-order chi connectivity index (χ0) is 56.5. The first-order valence-electron chi connectivity index (χ1n) is 29.6. The Bertz CT molecular complexity index is 2620. The molecule has 438 valence electrons. The van der Waals surface area contributed by atoms with Crippen molar-refractivity contribution < 1.29 is 71.9 Å². The molecule has 2 aromatic carbocycles. The highest BCUT2D eigenvalue weighted by molar-refractivity contribution is 5.86. The molecular formula is C61H84N4O15. The second-order valence-corrected chi connectivity index (χ2v) is 26.1. The predicted octanol–water partition coefficient (Wildman–Crippen LogP) is 7.92. The average molecular weight is 1110 g/mol. The monoisotopic (exact) mass is 1110 g/mol. The summed E-state index contributed by atoms with van der Waals surface area (Å²) >= 11 is 0. The molecule has 8 saturated heterocycles. The molecule has 2 saturated carbocycles. The molecule has 0 radical (unpaired) electrons. The summed E-state index contributed by atoms with van der Waals surface area (Å²) in [5.74, 6) is -3.13. The van der Waals surface area contributed by atoms with E-state index < -0.39 is 71.1 Å². The number of nitrogens with one attached hydrogen (secondary N) is 2. The molecule has 19 nitrogen and oxygen atoms in total. The molecule has 19 heteroatoms. The number of carbonyl (C=O) groups is 5. The Morgan fingerprint density at radius 3 is 1.59 bits per heavy atom. The summed E-state index contributed by atoms with van der Waals surface area (Å²) in [5, 5.41) is 5.73. The third-order valence-corrected chi connectivity index (χ3v) is 19.8. The third kappa shape index (κ3) is 10.7. The van der Waals surface area contributed by atoms with E-state index in [0.717, 1.165) is 60.8 Å². The largest absolute Gasteiger partial charge is 0.459 e. The van der Waals surface area contributed by atoms with Crippen molar-refractivity contribution in [1.29, 1.82) is 0 Å². The van der Waals surface area contributed by atoms with Crippen molar-refractivity contribution in [2.75, 3.05) is 45.9 Å². The van der Waals surface area contributed by atoms with Crippen LogP contribution in [0.15, 0.2) is 48.5 Å². The Labute approximate surface area is 470 Å². The first-order valence-corrected chi connectivity index (χ1v) is 29.6. The number of hydrogen-bond acceptors (Lipinski definition) is 15. The van der Waals surface area contributed by atoms with Gasteiger partial charge in [0.05, 0.1) is 31.6 Å². The predicted molar refractivity (Wildman–Crippen MR) is 288 cm³/mol. The molecule has 8 aliphatic heterocycles. The van der Waals surface area contributed by atoms with E-state index in [-0.39, 0.29) is 112 Å². The second-order valence-electron chi connectivity index (χ2n) is 26.1. The summed E-state index contributed by atoms with van der Waals surface area (Å²) in [6, 6.07) is 16.2. The van der Waals surface area contributed by atoms with Crippen molar-refractivity contribution in [3.05, 3.63) is 59.7 Å². The lowest BCUT2D eigenvalue weighted by atomic mass is 9.57. The number of rotatable bonds is 16. The van der Waals surface area contributed by atoms with E-state index in [9.17, 15) is 24.0 Å². The minimum Gasteiger partial charge on any atom is -0.459 e. The summed E-state index contributed by atoms with van der Waals surface area (Å²) < 4.78 is 38.2. The summed E-state index contributed by atoms with van der Waals surface area (Å²) in [6.45, 7) is 17.0. The fourth-order valence-corrected chi connectivity index (χ4v) is 15.6. The lowest BCUT2D eigenvalue weighted by Crippen LogP contribution is -2.70. The molecule has 10 fully saturated rings. The molecule has 16 atom stereocenters. The molecule has 3 aliphatic carbocycles. The topological polar surface area (TPSA) is 208 Å². The van der Waals surface area contributed by atoms with Crippen LogP contribution in [0.5, 0.6) is 0 Å². The quantitative estimate of drug-likeness (QED) is 0.121. The van der Waals surface area contributed by atoms with Crippen molar-refractivity contribution in [2.45, 2.75) is 186 Å². The van der Waals surface area contributed by atoms with Crippen LogP contribution in [0.4, 0.5) is 4.79 Å². The Kier molecular flexibility index (Phi) is 15.8. The van der Waals surface area contributed by atoms with E-state index in [4.69, 9.17) is 48.0 Å². The zero-order valence-corrected chi connectivity index (χ0v) is 48.2. The molecule has 0 aromatic heterocycles. The maximum absolute atomic E-state index is 14.7. The van der Waals surface area contributed by atoms with Gasteiger partial charge >= 0.3 is 12.1 Å². The number of hydrogen-bond donors (Lipinski definition) is 2. The van der Waals surface area contributed by atoms with Crippen LogP contribution in [0.2, 0.25) is 0 Å². The second kappa shape index (κ2) is 22.1. The highest BCUT2D eigenvalue weighted by Gasteiger charge is 2.71. The first kappa shape index (κ1) is 57.1. The number of alkyl carbamates (subject to hydrolysis) is 1. The Morgan fingerprint density at radius 1 is 0.613 bits per heavy atom. The number of fused-ring (bicyclic) bond motifs is 7. The van der Waals surface area contributed by atoms with Crippen LogP contribution in [0.25, 0.3) is 11.1 Å². The van der Waals surface area contributed by atoms with Crippen molar-refractivity contribution in [3.8, 4) is 11.1 Å². The Hall–Kier alpha value is -4.73. The summed E-state index contributed by atoms with van der Waals surface area (Å²) in [4.78, 5) is 97.8. The Morgan fingerprint density at radius 2 is 1.09 bits per heavy atom. The van der Waals surface area contributed by atoms with Gasteiger partial charge in [0.1, 0.15) is 18.8 Å². The third-order valence-electron chi connectivity index (χ3n) is 19.8. The van der Waals surface area contributed by atoms with Gasteiger partial charge in [-0.25, -0.2) is 24.3 Å². The molecule has 11 aliphatic rings. The van der Waals surface area contributed by atoms with Gasteiger partial charge in [-0.2, -0.15) is 0 Å². The van der Waals surface area contributed by atoms with Crippen molar-refractivity contribution >= 4 is 29.8 Å². The fourth-order valence-electron chi connectivity index (χ4n) is 15.6. The van der Waals surface area contributed by atoms with Gasteiger partial charge in [0, 0.05) is 56.8 Å². The smallest absolute Gasteiger partial charge is 0.407 e. The molecule has 2 N–H and O–H groups in total. The minimum absolute atomic E-state index is 0.00143. The van der Waals surface area contributed by atoms with E-state index in [1.165, 1.54) is 9.80 Å². The molecule has 8 heterocycles. The van der Waals surface area contributed by atoms with E-state index in [2.05, 4.69) is 62.6 Å². The molecule has 4 amide bonds. The van der Waals surface area contributed by atoms with Gasteiger partial charge in [0.2, 0.25) is 29.3 Å². The lowest BCUT2D eigenvalue weighted by Gasteiger charge is -2.60. The summed E-state index contributed by atoms with van der Waals surface area (Å²) in [7, 11) is 0. The average Bonchev–Trinajstić information content (AvgIpc) is 3.58. The maximum atomic E-state index is 14.7. The molecule has 4 bridgehead atoms. The van der Waals surface area contributed by atoms with E-state index in [1.54, 1.807) is 20.8 Å². The number of carbonyl (C=O) groups excluding carboxylic acids is 5. The Balaban J connectivity index is 0.761. The van der Waals surface area contributed by atoms with Gasteiger partial charge in [-0.3, -0.25) is 19.2 Å². The molecule has 80 heavy (non-hydrogen) atoms. The molecular weight excluding hydrogens is 1030 g/mol. The summed E-state index contributed by atoms with van der Waals surface area (Å²) in [6.07, 6.45) is 3.38. The van der Waals surface area contributed by atoms with Crippen LogP contribution in [-0.4, -0.2) is 139 Å². The van der Waals surface area contributed by atoms with E-state index in [1.807, 2.05) is 38.1 Å². The van der Waals surface area contributed by atoms with Gasteiger partial charge in [-0.15, -0.1) is 0 Å². The van der Waals surface area contributed by atoms with E-state index >= 15 is 0 Å². The number of esters is 1. The molecule has 2 spiro atoms. The van der Waals surface area contributed by atoms with Crippen molar-refractivity contribution in [2.24, 2.45) is 47.3 Å². The highest BCUT2D eigenvalue weighted by Crippen LogP contribution is 2.62. The number of ether oxygens (including phenoxy) is 6. The van der Waals surface area contributed by atoms with Crippen molar-refractivity contribution in [3.63, 3.8) is 0 Å². The van der Waals surface area contributed by atoms with Gasteiger partial charge in [0.25, 0.3) is 0 Å². The normalized spacial score (nSPS) is 37.4. The standard InChI is InChI=1S/C61H84N4O15/c1-35-18-20-46-37(3)48(72-54-60(46)44(35)22-24-58(8,75-54)77-79-60)30-51(67)64(29-27-63-56(70)71-34-43-41-16-12-10-14-39(41)40-15-11-13-17-42(40)43)32-50(66)62-26-28-65(33-53(69)74-57(5,6)7)52(68)31-49-38(4)47-21-19-36(2)45-23-25-59(9)76-55(73-49)61(45,47)80-78-59/h10-17,35-38,43-49,54-55H,18-34H2,1-9H3,(H,62,66)(H,63,70)/t35-,36-,37-,38-,44+,45+,46+,47+,48-,49-,54-,55-,58-,59-,60-,61-/m1/s1. The number of nitrogens with zero attached hydrogens (tertiary/aromatic N) is 2. The van der Waals surface area contributed by atoms with Crippen LogP contribution in [0, 0.1) is 47.3 Å². The molecule has 2 aromatic rings. The summed E-state index contributed by atoms with van der Waals surface area (Å²) in [5.41, 5.74) is 1.97. The van der Waals surface area contributed by atoms with Crippen LogP contribution >= 0.6 is 0 Å². The zero-order valence-electron chi connectivity index (χ0n) is 48.2. The molecule has 0 unspecified atom stereocenters. The van der Waals surface area contributed by atoms with Gasteiger partial charge in [-0.05, 0) is 131 Å². The van der Waals surface area contributed by atoms with Crippen LogP contribution < -0.4 is 10.6 Å². The maximum Gasteiger partial charge on any atom is 0.407 e. The lowest BCUT2D eigenvalue weighted by molar-refractivity contribution is -0.571.